The highest BCUT2D eigenvalue weighted by Crippen LogP contribution is 2.29. The molecule has 0 unspecified atom stereocenters. The standard InChI is InChI=1S/C15H11F3N2O2/c1-3-4-5-12(21)13(19-2)14(22)20-11-8-6-10(7-9-11)15(16,17)18/h1,6-9,21H,4-5H2,(H,20,22)/b13-12+. The highest BCUT2D eigenvalue weighted by molar-refractivity contribution is 6.05. The van der Waals surface area contributed by atoms with E-state index in [0.717, 1.165) is 24.3 Å². The summed E-state index contributed by atoms with van der Waals surface area (Å²) in [6.45, 7) is 6.88. The molecule has 0 heterocycles. The molecule has 1 aromatic carbocycles. The molecule has 1 aromatic rings. The monoisotopic (exact) mass is 308 g/mol. The Morgan fingerprint density at radius 3 is 2.41 bits per heavy atom. The van der Waals surface area contributed by atoms with Gasteiger partial charge in [-0.2, -0.15) is 13.2 Å². The van der Waals surface area contributed by atoms with Crippen molar-refractivity contribution < 1.29 is 23.1 Å². The minimum Gasteiger partial charge on any atom is -0.523 e. The maximum absolute atomic E-state index is 12.4. The Kier molecular flexibility index (Phi) is 5.59. The number of nitrogens with zero attached hydrogens (tertiary/aromatic N) is 1. The summed E-state index contributed by atoms with van der Waals surface area (Å²) in [7, 11) is 0. The van der Waals surface area contributed by atoms with E-state index in [2.05, 4.69) is 16.1 Å². The van der Waals surface area contributed by atoms with Crippen molar-refractivity contribution in [2.45, 2.75) is 19.0 Å². The highest BCUT2D eigenvalue weighted by atomic mass is 19.4. The number of terminal acetylenes is 1. The van der Waals surface area contributed by atoms with Crippen LogP contribution < -0.4 is 5.32 Å². The minimum absolute atomic E-state index is 0.0331. The molecule has 0 aliphatic rings. The van der Waals surface area contributed by atoms with Gasteiger partial charge in [-0.1, -0.05) is 0 Å². The molecule has 114 valence electrons. The topological polar surface area (TPSA) is 53.7 Å². The van der Waals surface area contributed by atoms with E-state index in [-0.39, 0.29) is 18.5 Å². The van der Waals surface area contributed by atoms with Crippen LogP contribution in [0.3, 0.4) is 0 Å². The number of rotatable bonds is 4. The van der Waals surface area contributed by atoms with E-state index in [1.165, 1.54) is 0 Å². The minimum atomic E-state index is -4.47. The van der Waals surface area contributed by atoms with Crippen molar-refractivity contribution in [1.82, 2.24) is 0 Å². The van der Waals surface area contributed by atoms with E-state index < -0.39 is 29.1 Å². The fourth-order valence-corrected chi connectivity index (χ4v) is 1.49. The Bertz CT molecular complexity index is 662. The summed E-state index contributed by atoms with van der Waals surface area (Å²) in [6, 6.07) is 3.71. The smallest absolute Gasteiger partial charge is 0.416 e. The molecule has 1 rings (SSSR count). The molecule has 4 nitrogen and oxygen atoms in total. The van der Waals surface area contributed by atoms with E-state index in [9.17, 15) is 23.1 Å². The molecular weight excluding hydrogens is 297 g/mol. The quantitative estimate of drug-likeness (QED) is 0.385. The van der Waals surface area contributed by atoms with Gasteiger partial charge in [-0.25, -0.2) is 4.85 Å². The first-order valence-corrected chi connectivity index (χ1v) is 6.01. The molecule has 22 heavy (non-hydrogen) atoms. The molecule has 0 radical (unpaired) electrons. The number of aliphatic hydroxyl groups is 1. The first-order chi connectivity index (χ1) is 10.3. The van der Waals surface area contributed by atoms with E-state index in [1.807, 2.05) is 0 Å². The number of carbonyl (C=O) groups is 1. The van der Waals surface area contributed by atoms with Gasteiger partial charge in [0.2, 0.25) is 0 Å². The molecular formula is C15H11F3N2O2. The number of halogens is 3. The molecule has 0 aromatic heterocycles. The van der Waals surface area contributed by atoms with E-state index in [1.54, 1.807) is 0 Å². The van der Waals surface area contributed by atoms with Crippen molar-refractivity contribution in [1.29, 1.82) is 0 Å². The van der Waals surface area contributed by atoms with Crippen LogP contribution in [0.25, 0.3) is 4.85 Å². The highest BCUT2D eigenvalue weighted by Gasteiger charge is 2.30. The van der Waals surface area contributed by atoms with Crippen molar-refractivity contribution in [3.8, 4) is 12.3 Å². The van der Waals surface area contributed by atoms with Gasteiger partial charge in [0.05, 0.1) is 12.1 Å². The van der Waals surface area contributed by atoms with Crippen LogP contribution in [0.5, 0.6) is 0 Å². The van der Waals surface area contributed by atoms with Crippen molar-refractivity contribution in [3.05, 3.63) is 52.7 Å². The van der Waals surface area contributed by atoms with Crippen LogP contribution in [0, 0.1) is 18.9 Å². The predicted molar refractivity (Wildman–Crippen MR) is 74.4 cm³/mol. The second-order valence-electron chi connectivity index (χ2n) is 4.14. The third-order valence-corrected chi connectivity index (χ3v) is 2.58. The van der Waals surface area contributed by atoms with Crippen LogP contribution in [0.1, 0.15) is 18.4 Å². The Morgan fingerprint density at radius 2 is 1.95 bits per heavy atom. The van der Waals surface area contributed by atoms with E-state index >= 15 is 0 Å². The lowest BCUT2D eigenvalue weighted by Crippen LogP contribution is -2.15. The zero-order valence-corrected chi connectivity index (χ0v) is 11.2. The number of aliphatic hydroxyl groups excluding tert-OH is 1. The molecule has 1 amide bonds. The molecule has 0 spiro atoms. The largest absolute Gasteiger partial charge is 0.523 e. The van der Waals surface area contributed by atoms with Gasteiger partial charge in [0.25, 0.3) is 11.6 Å². The summed E-state index contributed by atoms with van der Waals surface area (Å²) in [5.74, 6) is 0.878. The van der Waals surface area contributed by atoms with Crippen molar-refractivity contribution in [2.75, 3.05) is 5.32 Å². The fourth-order valence-electron chi connectivity index (χ4n) is 1.49. The second kappa shape index (κ2) is 7.19. The maximum atomic E-state index is 12.4. The second-order valence-corrected chi connectivity index (χ2v) is 4.14. The van der Waals surface area contributed by atoms with Gasteiger partial charge in [0, 0.05) is 18.5 Å². The van der Waals surface area contributed by atoms with Crippen molar-refractivity contribution in [2.24, 2.45) is 0 Å². The molecule has 2 N–H and O–H groups in total. The zero-order chi connectivity index (χ0) is 16.8. The van der Waals surface area contributed by atoms with Gasteiger partial charge in [0.15, 0.2) is 0 Å². The molecule has 0 atom stereocenters. The lowest BCUT2D eigenvalue weighted by Gasteiger charge is -2.09. The average molecular weight is 308 g/mol. The van der Waals surface area contributed by atoms with Gasteiger partial charge in [-0.15, -0.1) is 12.3 Å². The summed E-state index contributed by atoms with van der Waals surface area (Å²) in [5, 5.41) is 11.8. The average Bonchev–Trinajstić information content (AvgIpc) is 2.45. The maximum Gasteiger partial charge on any atom is 0.416 e. The molecule has 0 fully saturated rings. The summed E-state index contributed by atoms with van der Waals surface area (Å²) in [6.07, 6.45) is 0.657. The van der Waals surface area contributed by atoms with Crippen LogP contribution in [0.4, 0.5) is 18.9 Å². The van der Waals surface area contributed by atoms with Crippen LogP contribution in [-0.2, 0) is 11.0 Å². The third-order valence-electron chi connectivity index (χ3n) is 2.58. The third kappa shape index (κ3) is 4.57. The fraction of sp³-hybridized carbons (Fsp3) is 0.200. The number of alkyl halides is 3. The number of benzene rings is 1. The molecule has 0 saturated heterocycles. The van der Waals surface area contributed by atoms with Crippen LogP contribution in [-0.4, -0.2) is 11.0 Å². The van der Waals surface area contributed by atoms with Crippen LogP contribution in [0.2, 0.25) is 0 Å². The molecule has 0 aliphatic carbocycles. The summed E-state index contributed by atoms with van der Waals surface area (Å²) < 4.78 is 37.2. The first-order valence-electron chi connectivity index (χ1n) is 6.01. The van der Waals surface area contributed by atoms with Crippen molar-refractivity contribution >= 4 is 11.6 Å². The number of amides is 1. The Balaban J connectivity index is 2.88. The van der Waals surface area contributed by atoms with Crippen LogP contribution in [0.15, 0.2) is 35.7 Å². The zero-order valence-electron chi connectivity index (χ0n) is 11.2. The normalized spacial score (nSPS) is 11.9. The SMILES string of the molecule is [C-]#[N+]/C(C(=O)Nc1ccc(C(F)(F)F)cc1)=C(/O)CCC#C. The van der Waals surface area contributed by atoms with Gasteiger partial charge < -0.3 is 10.4 Å². The lowest BCUT2D eigenvalue weighted by molar-refractivity contribution is -0.137. The number of anilines is 1. The molecule has 7 heteroatoms. The Labute approximate surface area is 125 Å². The Morgan fingerprint density at radius 1 is 1.36 bits per heavy atom. The van der Waals surface area contributed by atoms with Crippen molar-refractivity contribution in [3.63, 3.8) is 0 Å². The molecule has 0 aliphatic heterocycles. The lowest BCUT2D eigenvalue weighted by atomic mass is 10.2. The van der Waals surface area contributed by atoms with E-state index in [0.29, 0.717) is 0 Å². The van der Waals surface area contributed by atoms with Crippen LogP contribution >= 0.6 is 0 Å². The molecule has 0 bridgehead atoms. The predicted octanol–water partition coefficient (Wildman–Crippen LogP) is 3.75. The number of allylic oxidation sites excluding steroid dienone is 1. The Hall–Kier alpha value is -2.93. The first kappa shape index (κ1) is 17.1. The summed E-state index contributed by atoms with van der Waals surface area (Å²) in [4.78, 5) is 14.7. The molecule has 0 saturated carbocycles. The number of hydrogen-bond donors (Lipinski definition) is 2. The van der Waals surface area contributed by atoms with E-state index in [4.69, 9.17) is 13.0 Å². The summed E-state index contributed by atoms with van der Waals surface area (Å²) >= 11 is 0. The van der Waals surface area contributed by atoms with Gasteiger partial charge in [-0.3, -0.25) is 4.79 Å². The number of carbonyl (C=O) groups excluding carboxylic acids is 1. The van der Waals surface area contributed by atoms with Gasteiger partial charge in [-0.05, 0) is 24.3 Å². The number of hydrogen-bond acceptors (Lipinski definition) is 2. The van der Waals surface area contributed by atoms with Gasteiger partial charge >= 0.3 is 6.18 Å². The summed E-state index contributed by atoms with van der Waals surface area (Å²) in [5.41, 5.74) is -1.33. The van der Waals surface area contributed by atoms with Gasteiger partial charge in [0.1, 0.15) is 5.76 Å². The number of nitrogens with one attached hydrogen (secondary N) is 1.